The van der Waals surface area contributed by atoms with E-state index in [0.29, 0.717) is 56.2 Å². The first-order chi connectivity index (χ1) is 19.0. The Balaban J connectivity index is 1.61. The quantitative estimate of drug-likeness (QED) is 0.266. The number of carbonyl (C=O) groups is 3. The fraction of sp³-hybridized carbons (Fsp3) is 0.367. The van der Waals surface area contributed by atoms with E-state index in [1.165, 1.54) is 17.4 Å². The Morgan fingerprint density at radius 2 is 2.00 bits per heavy atom. The van der Waals surface area contributed by atoms with E-state index < -0.39 is 17.4 Å². The molecule has 1 aliphatic heterocycles. The predicted molar refractivity (Wildman–Crippen MR) is 157 cm³/mol. The molecule has 7 N–H and O–H groups in total. The van der Waals surface area contributed by atoms with Crippen molar-refractivity contribution in [3.8, 4) is 5.75 Å². The minimum Gasteiger partial charge on any atom is -0.491 e. The molecule has 0 spiro atoms. The average Bonchev–Trinajstić information content (AvgIpc) is 3.34. The standard InChI is InChI=1S/C30H35N5O4S/c1-5-22(36)35-12-6-7-17(14-35)34-29(38)27-24-23-19(10-11-21(31)26(23)40-27)30(33,28(37)25(24)32)20-13-18(39-15(2)3)9-8-16(20)4/h5,8-11,13,15,17,25H,1,6-7,12,14,31-33H2,2-4H3,(H,34,38). The number of thiophene rings is 1. The number of carbonyl (C=O) groups excluding carboxylic acids is 3. The molecule has 3 atom stereocenters. The number of aryl methyl sites for hydroxylation is 1. The Labute approximate surface area is 237 Å². The highest BCUT2D eigenvalue weighted by molar-refractivity contribution is 7.21. The first-order valence-corrected chi connectivity index (χ1v) is 14.2. The van der Waals surface area contributed by atoms with E-state index in [1.54, 1.807) is 23.1 Å². The SMILES string of the molecule is C=CC(=O)N1CCCC(NC(=O)c2sc3c(N)ccc4c3c2C(N)C(=O)C4(N)c2cc(OC(C)C)ccc2C)C1. The van der Waals surface area contributed by atoms with E-state index in [1.807, 2.05) is 32.9 Å². The molecule has 2 amide bonds. The molecule has 0 bridgehead atoms. The number of nitrogens with one attached hydrogen (secondary N) is 1. The van der Waals surface area contributed by atoms with Crippen LogP contribution in [0.5, 0.6) is 5.75 Å². The second kappa shape index (κ2) is 10.3. The number of nitrogens with two attached hydrogens (primary N) is 3. The summed E-state index contributed by atoms with van der Waals surface area (Å²) in [5.41, 5.74) is 21.4. The summed E-state index contributed by atoms with van der Waals surface area (Å²) in [4.78, 5) is 41.9. The van der Waals surface area contributed by atoms with Crippen molar-refractivity contribution in [2.24, 2.45) is 11.5 Å². The molecule has 2 aliphatic rings. The molecule has 0 radical (unpaired) electrons. The number of piperidine rings is 1. The highest BCUT2D eigenvalue weighted by atomic mass is 32.1. The normalized spacial score (nSPS) is 22.4. The van der Waals surface area contributed by atoms with Gasteiger partial charge in [0.2, 0.25) is 5.91 Å². The highest BCUT2D eigenvalue weighted by Crippen LogP contribution is 2.50. The third-order valence-electron chi connectivity index (χ3n) is 7.77. The van der Waals surface area contributed by atoms with Crippen LogP contribution in [-0.2, 0) is 15.1 Å². The Bertz CT molecular complexity index is 1550. The van der Waals surface area contributed by atoms with Crippen LogP contribution >= 0.6 is 11.3 Å². The number of amides is 2. The maximum absolute atomic E-state index is 14.1. The number of hydrogen-bond acceptors (Lipinski definition) is 8. The number of anilines is 1. The molecule has 0 saturated carbocycles. The van der Waals surface area contributed by atoms with Crippen molar-refractivity contribution in [3.05, 3.63) is 70.1 Å². The zero-order chi connectivity index (χ0) is 28.9. The summed E-state index contributed by atoms with van der Waals surface area (Å²) in [5.74, 6) is -0.334. The number of rotatable bonds is 6. The molecule has 9 nitrogen and oxygen atoms in total. The van der Waals surface area contributed by atoms with Gasteiger partial charge in [0.05, 0.1) is 21.7 Å². The predicted octanol–water partition coefficient (Wildman–Crippen LogP) is 3.27. The number of nitrogens with zero attached hydrogens (tertiary/aromatic N) is 1. The van der Waals surface area contributed by atoms with Crippen LogP contribution in [0.25, 0.3) is 10.1 Å². The van der Waals surface area contributed by atoms with E-state index in [0.717, 1.165) is 18.4 Å². The van der Waals surface area contributed by atoms with Crippen molar-refractivity contribution in [2.75, 3.05) is 18.8 Å². The Hall–Kier alpha value is -3.73. The second-order valence-electron chi connectivity index (χ2n) is 10.8. The van der Waals surface area contributed by atoms with Gasteiger partial charge in [-0.1, -0.05) is 18.7 Å². The van der Waals surface area contributed by atoms with Crippen LogP contribution in [0.15, 0.2) is 43.0 Å². The highest BCUT2D eigenvalue weighted by Gasteiger charge is 2.49. The zero-order valence-corrected chi connectivity index (χ0v) is 23.8. The van der Waals surface area contributed by atoms with Crippen molar-refractivity contribution < 1.29 is 19.1 Å². The van der Waals surface area contributed by atoms with Crippen molar-refractivity contribution in [1.82, 2.24) is 10.2 Å². The smallest absolute Gasteiger partial charge is 0.262 e. The lowest BCUT2D eigenvalue weighted by atomic mass is 9.69. The number of ketones is 1. The summed E-state index contributed by atoms with van der Waals surface area (Å²) in [7, 11) is 0. The molecule has 5 rings (SSSR count). The van der Waals surface area contributed by atoms with Gasteiger partial charge in [-0.3, -0.25) is 14.4 Å². The van der Waals surface area contributed by atoms with Crippen molar-refractivity contribution in [2.45, 2.75) is 57.3 Å². The van der Waals surface area contributed by atoms with Gasteiger partial charge in [0.15, 0.2) is 5.78 Å². The van der Waals surface area contributed by atoms with Gasteiger partial charge < -0.3 is 32.2 Å². The van der Waals surface area contributed by atoms with Crippen LogP contribution in [0.2, 0.25) is 0 Å². The summed E-state index contributed by atoms with van der Waals surface area (Å²) >= 11 is 1.21. The van der Waals surface area contributed by atoms with Crippen molar-refractivity contribution in [3.63, 3.8) is 0 Å². The fourth-order valence-corrected chi connectivity index (χ4v) is 7.08. The van der Waals surface area contributed by atoms with Crippen LogP contribution < -0.4 is 27.3 Å². The topological polar surface area (TPSA) is 154 Å². The summed E-state index contributed by atoms with van der Waals surface area (Å²) in [6.45, 7) is 10.3. The number of ether oxygens (including phenoxy) is 1. The molecule has 2 heterocycles. The molecule has 40 heavy (non-hydrogen) atoms. The first kappa shape index (κ1) is 27.8. The monoisotopic (exact) mass is 561 g/mol. The van der Waals surface area contributed by atoms with Crippen LogP contribution in [0.3, 0.4) is 0 Å². The lowest BCUT2D eigenvalue weighted by Gasteiger charge is -2.37. The number of benzene rings is 2. The van der Waals surface area contributed by atoms with Gasteiger partial charge in [0.1, 0.15) is 11.3 Å². The lowest BCUT2D eigenvalue weighted by Crippen LogP contribution is -2.53. The Kier molecular flexibility index (Phi) is 7.20. The van der Waals surface area contributed by atoms with E-state index in [4.69, 9.17) is 21.9 Å². The third kappa shape index (κ3) is 4.46. The number of hydrogen-bond donors (Lipinski definition) is 4. The number of nitrogen functional groups attached to an aromatic ring is 1. The number of Topliss-reactive ketones (excluding diaryl/α,β-unsaturated/α-hetero) is 1. The molecule has 1 fully saturated rings. The molecule has 1 saturated heterocycles. The van der Waals surface area contributed by atoms with E-state index in [2.05, 4.69) is 11.9 Å². The molecule has 2 aromatic carbocycles. The van der Waals surface area contributed by atoms with Gasteiger partial charge >= 0.3 is 0 Å². The van der Waals surface area contributed by atoms with Crippen molar-refractivity contribution in [1.29, 1.82) is 0 Å². The average molecular weight is 562 g/mol. The zero-order valence-electron chi connectivity index (χ0n) is 23.0. The van der Waals surface area contributed by atoms with Crippen LogP contribution in [0.4, 0.5) is 5.69 Å². The van der Waals surface area contributed by atoms with Gasteiger partial charge in [-0.2, -0.15) is 0 Å². The molecule has 3 unspecified atom stereocenters. The minimum absolute atomic E-state index is 0.0625. The van der Waals surface area contributed by atoms with E-state index in [9.17, 15) is 14.4 Å². The lowest BCUT2D eigenvalue weighted by molar-refractivity contribution is -0.127. The molecule has 1 aliphatic carbocycles. The maximum Gasteiger partial charge on any atom is 0.262 e. The summed E-state index contributed by atoms with van der Waals surface area (Å²) in [6, 6.07) is 7.61. The van der Waals surface area contributed by atoms with Crippen LogP contribution in [-0.4, -0.2) is 47.7 Å². The Morgan fingerprint density at radius 3 is 2.70 bits per heavy atom. The van der Waals surface area contributed by atoms with Gasteiger partial charge in [0.25, 0.3) is 5.91 Å². The molecule has 10 heteroatoms. The Morgan fingerprint density at radius 1 is 1.25 bits per heavy atom. The molecule has 1 aromatic heterocycles. The summed E-state index contributed by atoms with van der Waals surface area (Å²) in [6.07, 6.45) is 2.70. The van der Waals surface area contributed by atoms with Gasteiger partial charge in [-0.05, 0) is 74.6 Å². The van der Waals surface area contributed by atoms with Crippen molar-refractivity contribution >= 4 is 44.7 Å². The maximum atomic E-state index is 14.1. The first-order valence-electron chi connectivity index (χ1n) is 13.4. The summed E-state index contributed by atoms with van der Waals surface area (Å²) in [5, 5.41) is 3.70. The van der Waals surface area contributed by atoms with Crippen LogP contribution in [0, 0.1) is 6.92 Å². The van der Waals surface area contributed by atoms with Gasteiger partial charge in [-0.15, -0.1) is 11.3 Å². The fourth-order valence-electron chi connectivity index (χ4n) is 5.87. The molecule has 3 aromatic rings. The largest absolute Gasteiger partial charge is 0.491 e. The summed E-state index contributed by atoms with van der Waals surface area (Å²) < 4.78 is 6.57. The number of likely N-dealkylation sites (tertiary alicyclic amines) is 1. The van der Waals surface area contributed by atoms with Gasteiger partial charge in [-0.25, -0.2) is 0 Å². The minimum atomic E-state index is -1.57. The molecular formula is C30H35N5O4S. The molecule has 210 valence electrons. The van der Waals surface area contributed by atoms with Crippen LogP contribution in [0.1, 0.15) is 64.7 Å². The second-order valence-corrected chi connectivity index (χ2v) is 11.9. The van der Waals surface area contributed by atoms with E-state index >= 15 is 0 Å². The molecular weight excluding hydrogens is 526 g/mol. The van der Waals surface area contributed by atoms with Gasteiger partial charge in [0, 0.05) is 35.8 Å². The van der Waals surface area contributed by atoms with E-state index in [-0.39, 0.29) is 24.0 Å². The third-order valence-corrected chi connectivity index (χ3v) is 9.02.